The zero-order valence-corrected chi connectivity index (χ0v) is 10.9. The molecule has 0 N–H and O–H groups in total. The summed E-state index contributed by atoms with van der Waals surface area (Å²) in [6.07, 6.45) is 0. The molecule has 0 aliphatic heterocycles. The van der Waals surface area contributed by atoms with Gasteiger partial charge in [-0.2, -0.15) is 0 Å². The molecule has 0 saturated heterocycles. The van der Waals surface area contributed by atoms with Crippen molar-refractivity contribution >= 4 is 22.5 Å². The number of hydrogen-bond donors (Lipinski definition) is 0. The predicted molar refractivity (Wildman–Crippen MR) is 65.3 cm³/mol. The number of pyridine rings is 1. The molecule has 0 spiro atoms. The fourth-order valence-corrected chi connectivity index (χ4v) is 2.15. The highest BCUT2D eigenvalue weighted by molar-refractivity contribution is 6.30. The molecule has 0 atom stereocenters. The lowest BCUT2D eigenvalue weighted by atomic mass is 9.87. The van der Waals surface area contributed by atoms with E-state index >= 15 is 0 Å². The van der Waals surface area contributed by atoms with Crippen LogP contribution in [-0.4, -0.2) is 4.98 Å². The van der Waals surface area contributed by atoms with E-state index in [4.69, 9.17) is 11.6 Å². The Morgan fingerprint density at radius 1 is 1.06 bits per heavy atom. The number of fused-ring (bicyclic) bond motifs is 1. The van der Waals surface area contributed by atoms with Gasteiger partial charge in [0.25, 0.3) is 0 Å². The first kappa shape index (κ1) is 13.1. The van der Waals surface area contributed by atoms with Crippen LogP contribution in [0.15, 0.2) is 12.1 Å². The van der Waals surface area contributed by atoms with E-state index in [0.29, 0.717) is 5.56 Å². The Balaban J connectivity index is 2.85. The van der Waals surface area contributed by atoms with Crippen LogP contribution < -0.4 is 0 Å². The third kappa shape index (κ3) is 2.05. The van der Waals surface area contributed by atoms with Gasteiger partial charge in [0.05, 0.1) is 0 Å². The van der Waals surface area contributed by atoms with Gasteiger partial charge in [0, 0.05) is 5.39 Å². The van der Waals surface area contributed by atoms with Crippen molar-refractivity contribution in [2.24, 2.45) is 0 Å². The van der Waals surface area contributed by atoms with Crippen molar-refractivity contribution in [3.63, 3.8) is 0 Å². The molecule has 0 aliphatic carbocycles. The molecule has 0 aliphatic rings. The van der Waals surface area contributed by atoms with Crippen molar-refractivity contribution in [2.45, 2.75) is 26.2 Å². The van der Waals surface area contributed by atoms with Gasteiger partial charge in [-0.3, -0.25) is 0 Å². The summed E-state index contributed by atoms with van der Waals surface area (Å²) >= 11 is 5.96. The Labute approximate surface area is 108 Å². The lowest BCUT2D eigenvalue weighted by molar-refractivity contribution is 0.452. The van der Waals surface area contributed by atoms with Crippen LogP contribution in [-0.2, 0) is 5.41 Å². The minimum absolute atomic E-state index is 0.0971. The Kier molecular flexibility index (Phi) is 3.01. The van der Waals surface area contributed by atoms with Crippen molar-refractivity contribution in [3.05, 3.63) is 40.3 Å². The second-order valence-electron chi connectivity index (χ2n) is 5.13. The monoisotopic (exact) mass is 273 g/mol. The summed E-state index contributed by atoms with van der Waals surface area (Å²) in [7, 11) is 0. The molecule has 18 heavy (non-hydrogen) atoms. The lowest BCUT2D eigenvalue weighted by Gasteiger charge is -2.20. The molecule has 2 aromatic rings. The van der Waals surface area contributed by atoms with Gasteiger partial charge in [0.1, 0.15) is 10.7 Å². The van der Waals surface area contributed by atoms with E-state index in [-0.39, 0.29) is 21.5 Å². The van der Waals surface area contributed by atoms with Gasteiger partial charge in [-0.15, -0.1) is 0 Å². The van der Waals surface area contributed by atoms with Crippen LogP contribution in [0.5, 0.6) is 0 Å². The predicted octanol–water partition coefficient (Wildman–Crippen LogP) is 4.60. The van der Waals surface area contributed by atoms with Crippen molar-refractivity contribution in [2.75, 3.05) is 0 Å². The van der Waals surface area contributed by atoms with Crippen molar-refractivity contribution in [1.29, 1.82) is 0 Å². The Bertz CT molecular complexity index is 632. The molecule has 2 rings (SSSR count). The number of rotatable bonds is 0. The smallest absolute Gasteiger partial charge is 0.196 e. The van der Waals surface area contributed by atoms with Gasteiger partial charge < -0.3 is 0 Å². The van der Waals surface area contributed by atoms with Gasteiger partial charge >= 0.3 is 0 Å². The molecule has 0 bridgehead atoms. The number of benzene rings is 1. The molecule has 96 valence electrons. The molecular formula is C13H11ClF3N. The van der Waals surface area contributed by atoms with Crippen LogP contribution in [0.1, 0.15) is 26.3 Å². The number of aromatic nitrogens is 1. The maximum Gasteiger partial charge on any atom is 0.196 e. The van der Waals surface area contributed by atoms with Crippen LogP contribution in [0.3, 0.4) is 0 Å². The maximum atomic E-state index is 13.5. The second kappa shape index (κ2) is 4.12. The van der Waals surface area contributed by atoms with E-state index < -0.39 is 17.5 Å². The van der Waals surface area contributed by atoms with Gasteiger partial charge in [0.2, 0.25) is 0 Å². The summed E-state index contributed by atoms with van der Waals surface area (Å²) in [6, 6.07) is 2.46. The van der Waals surface area contributed by atoms with E-state index in [1.807, 2.05) is 20.8 Å². The maximum absolute atomic E-state index is 13.5. The minimum atomic E-state index is -1.53. The third-order valence-electron chi connectivity index (χ3n) is 2.71. The number of hydrogen-bond acceptors (Lipinski definition) is 1. The average Bonchev–Trinajstić information content (AvgIpc) is 2.25. The molecule has 1 aromatic heterocycles. The Hall–Kier alpha value is -1.29. The first-order valence-electron chi connectivity index (χ1n) is 5.36. The van der Waals surface area contributed by atoms with Gasteiger partial charge in [-0.25, -0.2) is 18.2 Å². The van der Waals surface area contributed by atoms with Gasteiger partial charge in [0.15, 0.2) is 17.5 Å². The van der Waals surface area contributed by atoms with Crippen LogP contribution in [0.4, 0.5) is 13.2 Å². The zero-order valence-electron chi connectivity index (χ0n) is 10.1. The molecule has 0 saturated carbocycles. The van der Waals surface area contributed by atoms with Crippen LogP contribution in [0, 0.1) is 17.5 Å². The van der Waals surface area contributed by atoms with E-state index in [1.54, 1.807) is 0 Å². The molecule has 1 nitrogen and oxygen atoms in total. The van der Waals surface area contributed by atoms with Crippen molar-refractivity contribution < 1.29 is 13.2 Å². The quantitative estimate of drug-likeness (QED) is 0.505. The number of halogens is 4. The Morgan fingerprint density at radius 3 is 2.22 bits per heavy atom. The molecular weight excluding hydrogens is 263 g/mol. The summed E-state index contributed by atoms with van der Waals surface area (Å²) in [5.74, 6) is -4.08. The fraction of sp³-hybridized carbons (Fsp3) is 0.308. The van der Waals surface area contributed by atoms with Crippen LogP contribution in [0.2, 0.25) is 5.15 Å². The molecule has 0 radical (unpaired) electrons. The van der Waals surface area contributed by atoms with E-state index in [9.17, 15) is 13.2 Å². The number of nitrogens with zero attached hydrogens (tertiary/aromatic N) is 1. The molecule has 0 unspecified atom stereocenters. The third-order valence-corrected chi connectivity index (χ3v) is 2.99. The topological polar surface area (TPSA) is 12.9 Å². The summed E-state index contributed by atoms with van der Waals surface area (Å²) in [5, 5.41) is 0.292. The summed E-state index contributed by atoms with van der Waals surface area (Å²) < 4.78 is 39.8. The van der Waals surface area contributed by atoms with Crippen molar-refractivity contribution in [3.8, 4) is 0 Å². The molecule has 0 amide bonds. The molecule has 1 heterocycles. The summed E-state index contributed by atoms with van der Waals surface area (Å²) in [5.41, 5.74) is 0.0774. The zero-order chi connectivity index (χ0) is 13.7. The van der Waals surface area contributed by atoms with E-state index in [2.05, 4.69) is 4.98 Å². The van der Waals surface area contributed by atoms with E-state index in [1.165, 1.54) is 6.07 Å². The lowest BCUT2D eigenvalue weighted by Crippen LogP contribution is -2.13. The highest BCUT2D eigenvalue weighted by Gasteiger charge is 2.22. The van der Waals surface area contributed by atoms with Crippen molar-refractivity contribution in [1.82, 2.24) is 4.98 Å². The van der Waals surface area contributed by atoms with Crippen LogP contribution in [0.25, 0.3) is 10.9 Å². The molecule has 5 heteroatoms. The normalized spacial score (nSPS) is 12.2. The highest BCUT2D eigenvalue weighted by Crippen LogP contribution is 2.32. The molecule has 1 aromatic carbocycles. The molecule has 0 fully saturated rings. The van der Waals surface area contributed by atoms with Gasteiger partial charge in [-0.05, 0) is 23.1 Å². The Morgan fingerprint density at radius 2 is 1.67 bits per heavy atom. The van der Waals surface area contributed by atoms with Gasteiger partial charge in [-0.1, -0.05) is 32.4 Å². The minimum Gasteiger partial charge on any atom is -0.233 e. The fourth-order valence-electron chi connectivity index (χ4n) is 1.73. The largest absolute Gasteiger partial charge is 0.233 e. The standard InChI is InChI=1S/C13H11ClF3N/c1-13(2,3)7-4-6-5-8(15)9(16)10(17)11(6)18-12(7)14/h4-5H,1-3H3. The summed E-state index contributed by atoms with van der Waals surface area (Å²) in [4.78, 5) is 3.83. The first-order chi connectivity index (χ1) is 8.21. The SMILES string of the molecule is CC(C)(C)c1cc2cc(F)c(F)c(F)c2nc1Cl. The average molecular weight is 274 g/mol. The highest BCUT2D eigenvalue weighted by atomic mass is 35.5. The van der Waals surface area contributed by atoms with E-state index in [0.717, 1.165) is 6.07 Å². The van der Waals surface area contributed by atoms with Crippen LogP contribution >= 0.6 is 11.6 Å². The second-order valence-corrected chi connectivity index (χ2v) is 5.49. The first-order valence-corrected chi connectivity index (χ1v) is 5.74. The summed E-state index contributed by atoms with van der Waals surface area (Å²) in [6.45, 7) is 5.70.